The molecule has 6 nitrogen and oxygen atoms in total. The molecule has 2 rings (SSSR count). The first kappa shape index (κ1) is 12.5. The molecule has 18 heavy (non-hydrogen) atoms. The van der Waals surface area contributed by atoms with Crippen LogP contribution in [0.4, 0.5) is 22.0 Å². The fourth-order valence-corrected chi connectivity index (χ4v) is 1.54. The molecule has 8 heteroatoms. The van der Waals surface area contributed by atoms with Crippen LogP contribution in [0.5, 0.6) is 0 Å². The lowest BCUT2D eigenvalue weighted by Crippen LogP contribution is -2.20. The second kappa shape index (κ2) is 5.16. The lowest BCUT2D eigenvalue weighted by atomic mass is 10.3. The number of nitrogen functional groups attached to an aromatic ring is 1. The molecule has 94 valence electrons. The lowest BCUT2D eigenvalue weighted by Gasteiger charge is -2.07. The van der Waals surface area contributed by atoms with Gasteiger partial charge in [-0.1, -0.05) is 23.2 Å². The van der Waals surface area contributed by atoms with Gasteiger partial charge in [-0.15, -0.1) is 0 Å². The standard InChI is InChI=1S/C10H9Cl2N5O/c11-6-2-1-5(3-7(6)12)15-10(18)16-9-8(13)4-14-17-9/h1-4H,13H2,(H3,14,15,16,17,18). The lowest BCUT2D eigenvalue weighted by molar-refractivity contribution is 0.262. The van der Waals surface area contributed by atoms with Gasteiger partial charge in [0.25, 0.3) is 0 Å². The summed E-state index contributed by atoms with van der Waals surface area (Å²) in [6.07, 6.45) is 1.40. The van der Waals surface area contributed by atoms with Crippen molar-refractivity contribution in [3.63, 3.8) is 0 Å². The fourth-order valence-electron chi connectivity index (χ4n) is 1.25. The zero-order valence-electron chi connectivity index (χ0n) is 9.00. The number of aromatic amines is 1. The number of nitrogens with zero attached hydrogens (tertiary/aromatic N) is 1. The molecule has 2 amide bonds. The molecule has 2 aromatic rings. The molecule has 0 spiro atoms. The highest BCUT2D eigenvalue weighted by Gasteiger charge is 2.07. The minimum Gasteiger partial charge on any atom is -0.394 e. The predicted octanol–water partition coefficient (Wildman–Crippen LogP) is 2.94. The second-order valence-electron chi connectivity index (χ2n) is 3.41. The molecule has 0 atom stereocenters. The van der Waals surface area contributed by atoms with E-state index in [1.165, 1.54) is 6.20 Å². The van der Waals surface area contributed by atoms with Crippen molar-refractivity contribution in [2.75, 3.05) is 16.4 Å². The summed E-state index contributed by atoms with van der Waals surface area (Å²) in [5.41, 5.74) is 6.41. The number of anilines is 3. The molecule has 0 aliphatic heterocycles. The van der Waals surface area contributed by atoms with Crippen LogP contribution in [0.3, 0.4) is 0 Å². The number of carbonyl (C=O) groups is 1. The van der Waals surface area contributed by atoms with Crippen LogP contribution in [-0.2, 0) is 0 Å². The topological polar surface area (TPSA) is 95.8 Å². The molecule has 0 aliphatic rings. The van der Waals surface area contributed by atoms with E-state index in [9.17, 15) is 4.79 Å². The minimum absolute atomic E-state index is 0.326. The van der Waals surface area contributed by atoms with Gasteiger partial charge in [0, 0.05) is 5.69 Å². The number of aromatic nitrogens is 2. The molecule has 1 aromatic carbocycles. The SMILES string of the molecule is Nc1cn[nH]c1NC(=O)Nc1ccc(Cl)c(Cl)c1. The largest absolute Gasteiger partial charge is 0.394 e. The van der Waals surface area contributed by atoms with Gasteiger partial charge in [0.15, 0.2) is 5.82 Å². The summed E-state index contributed by atoms with van der Waals surface area (Å²) in [6.45, 7) is 0. The summed E-state index contributed by atoms with van der Waals surface area (Å²) in [4.78, 5) is 11.6. The number of nitrogens with one attached hydrogen (secondary N) is 3. The molecule has 0 radical (unpaired) electrons. The van der Waals surface area contributed by atoms with E-state index in [2.05, 4.69) is 20.8 Å². The number of hydrogen-bond donors (Lipinski definition) is 4. The number of H-pyrrole nitrogens is 1. The Morgan fingerprint density at radius 1 is 1.28 bits per heavy atom. The van der Waals surface area contributed by atoms with Crippen LogP contribution < -0.4 is 16.4 Å². The molecule has 0 saturated heterocycles. The van der Waals surface area contributed by atoms with Crippen LogP contribution in [0, 0.1) is 0 Å². The smallest absolute Gasteiger partial charge is 0.324 e. The van der Waals surface area contributed by atoms with Gasteiger partial charge < -0.3 is 11.1 Å². The third kappa shape index (κ3) is 2.85. The zero-order chi connectivity index (χ0) is 13.1. The van der Waals surface area contributed by atoms with E-state index in [-0.39, 0.29) is 0 Å². The molecule has 0 unspecified atom stereocenters. The molecule has 5 N–H and O–H groups in total. The monoisotopic (exact) mass is 285 g/mol. The number of halogens is 2. The maximum absolute atomic E-state index is 11.6. The first-order valence-electron chi connectivity index (χ1n) is 4.88. The van der Waals surface area contributed by atoms with Gasteiger partial charge in [0.05, 0.1) is 21.9 Å². The summed E-state index contributed by atoms with van der Waals surface area (Å²) in [6, 6.07) is 4.29. The first-order chi connectivity index (χ1) is 8.56. The van der Waals surface area contributed by atoms with Crippen molar-refractivity contribution in [2.24, 2.45) is 0 Å². The highest BCUT2D eigenvalue weighted by Crippen LogP contribution is 2.25. The van der Waals surface area contributed by atoms with Crippen LogP contribution in [0.2, 0.25) is 10.0 Å². The molecular weight excluding hydrogens is 277 g/mol. The van der Waals surface area contributed by atoms with Crippen LogP contribution >= 0.6 is 23.2 Å². The Kier molecular flexibility index (Phi) is 3.59. The summed E-state index contributed by atoms with van der Waals surface area (Å²) < 4.78 is 0. The molecule has 0 bridgehead atoms. The van der Waals surface area contributed by atoms with Crippen molar-refractivity contribution in [2.45, 2.75) is 0 Å². The zero-order valence-corrected chi connectivity index (χ0v) is 10.5. The third-order valence-corrected chi connectivity index (χ3v) is 2.82. The highest BCUT2D eigenvalue weighted by molar-refractivity contribution is 6.42. The third-order valence-electron chi connectivity index (χ3n) is 2.08. The number of carbonyl (C=O) groups excluding carboxylic acids is 1. The number of urea groups is 1. The minimum atomic E-state index is -0.468. The molecule has 1 aromatic heterocycles. The normalized spacial score (nSPS) is 10.1. The number of nitrogens with two attached hydrogens (primary N) is 1. The van der Waals surface area contributed by atoms with Crippen molar-refractivity contribution in [3.05, 3.63) is 34.4 Å². The van der Waals surface area contributed by atoms with E-state index in [0.717, 1.165) is 0 Å². The molecule has 0 fully saturated rings. The van der Waals surface area contributed by atoms with Crippen LogP contribution in [-0.4, -0.2) is 16.2 Å². The molecule has 0 aliphatic carbocycles. The number of benzene rings is 1. The van der Waals surface area contributed by atoms with Crippen LogP contribution in [0.1, 0.15) is 0 Å². The van der Waals surface area contributed by atoms with Crippen molar-refractivity contribution in [1.29, 1.82) is 0 Å². The molecular formula is C10H9Cl2N5O. The van der Waals surface area contributed by atoms with E-state index in [0.29, 0.717) is 27.2 Å². The Morgan fingerprint density at radius 2 is 2.06 bits per heavy atom. The van der Waals surface area contributed by atoms with Crippen molar-refractivity contribution in [3.8, 4) is 0 Å². The van der Waals surface area contributed by atoms with Crippen LogP contribution in [0.15, 0.2) is 24.4 Å². The Labute approximate surface area is 112 Å². The average Bonchev–Trinajstić information content (AvgIpc) is 2.70. The Balaban J connectivity index is 2.03. The van der Waals surface area contributed by atoms with Gasteiger partial charge in [0.2, 0.25) is 0 Å². The van der Waals surface area contributed by atoms with Crippen molar-refractivity contribution < 1.29 is 4.79 Å². The number of amides is 2. The van der Waals surface area contributed by atoms with Gasteiger partial charge in [-0.2, -0.15) is 5.10 Å². The molecule has 1 heterocycles. The van der Waals surface area contributed by atoms with Gasteiger partial charge in [-0.3, -0.25) is 10.4 Å². The Bertz CT molecular complexity index is 583. The van der Waals surface area contributed by atoms with Gasteiger partial charge in [-0.25, -0.2) is 4.79 Å². The van der Waals surface area contributed by atoms with Gasteiger partial charge in [0.1, 0.15) is 0 Å². The van der Waals surface area contributed by atoms with Crippen molar-refractivity contribution in [1.82, 2.24) is 10.2 Å². The average molecular weight is 286 g/mol. The van der Waals surface area contributed by atoms with Gasteiger partial charge in [-0.05, 0) is 18.2 Å². The fraction of sp³-hybridized carbons (Fsp3) is 0. The second-order valence-corrected chi connectivity index (χ2v) is 4.22. The quantitative estimate of drug-likeness (QED) is 0.683. The van der Waals surface area contributed by atoms with Gasteiger partial charge >= 0.3 is 6.03 Å². The van der Waals surface area contributed by atoms with Crippen molar-refractivity contribution >= 4 is 46.4 Å². The van der Waals surface area contributed by atoms with E-state index in [4.69, 9.17) is 28.9 Å². The van der Waals surface area contributed by atoms with E-state index in [1.54, 1.807) is 18.2 Å². The maximum atomic E-state index is 11.6. The first-order valence-corrected chi connectivity index (χ1v) is 5.64. The number of rotatable bonds is 2. The van der Waals surface area contributed by atoms with Crippen LogP contribution in [0.25, 0.3) is 0 Å². The van der Waals surface area contributed by atoms with E-state index in [1.807, 2.05) is 0 Å². The maximum Gasteiger partial charge on any atom is 0.324 e. The summed E-state index contributed by atoms with van der Waals surface area (Å²) in [7, 11) is 0. The number of hydrogen-bond acceptors (Lipinski definition) is 3. The summed E-state index contributed by atoms with van der Waals surface area (Å²) >= 11 is 11.6. The Hall–Kier alpha value is -1.92. The van der Waals surface area contributed by atoms with E-state index < -0.39 is 6.03 Å². The predicted molar refractivity (Wildman–Crippen MR) is 72.1 cm³/mol. The summed E-state index contributed by atoms with van der Waals surface area (Å²) in [5.74, 6) is 0.326. The highest BCUT2D eigenvalue weighted by atomic mass is 35.5. The summed E-state index contributed by atoms with van der Waals surface area (Å²) in [5, 5.41) is 12.1. The molecule has 0 saturated carbocycles. The Morgan fingerprint density at radius 3 is 2.67 bits per heavy atom. The van der Waals surface area contributed by atoms with E-state index >= 15 is 0 Å².